The zero-order chi connectivity index (χ0) is 32.7. The fourth-order valence-electron chi connectivity index (χ4n) is 5.11. The largest absolute Gasteiger partial charge is 0.363 e. The van der Waals surface area contributed by atoms with Crippen molar-refractivity contribution in [1.29, 1.82) is 0 Å². The van der Waals surface area contributed by atoms with Crippen LogP contribution in [-0.2, 0) is 19.2 Å². The molecule has 1 heterocycles. The Bertz CT molecular complexity index is 1190. The van der Waals surface area contributed by atoms with E-state index >= 15 is 0 Å². The molecule has 0 aliphatic carbocycles. The lowest BCUT2D eigenvalue weighted by atomic mass is 9.82. The number of nitrogens with two attached hydrogens (primary N) is 1. The Morgan fingerprint density at radius 3 is 1.98 bits per heavy atom. The molecule has 238 valence electrons. The smallest absolute Gasteiger partial charge is 0.316 e. The fourth-order valence-corrected chi connectivity index (χ4v) is 5.11. The normalized spacial score (nSPS) is 18.1. The lowest BCUT2D eigenvalue weighted by Gasteiger charge is -2.37. The molecule has 1 fully saturated rings. The summed E-state index contributed by atoms with van der Waals surface area (Å²) in [6.45, 7) is 15.0. The number of carbonyl (C=O) groups is 6. The molecule has 1 aromatic carbocycles. The maximum Gasteiger partial charge on any atom is 0.316 e. The summed E-state index contributed by atoms with van der Waals surface area (Å²) in [5, 5.41) is 8.21. The van der Waals surface area contributed by atoms with Gasteiger partial charge in [-0.15, -0.1) is 0 Å². The molecule has 1 aromatic rings. The van der Waals surface area contributed by atoms with Crippen LogP contribution >= 0.6 is 0 Å². The van der Waals surface area contributed by atoms with Crippen molar-refractivity contribution in [3.63, 3.8) is 0 Å². The van der Waals surface area contributed by atoms with Gasteiger partial charge in [-0.3, -0.25) is 24.0 Å². The summed E-state index contributed by atoms with van der Waals surface area (Å²) in [7, 11) is 0. The predicted octanol–water partition coefficient (Wildman–Crippen LogP) is 2.96. The Labute approximate surface area is 255 Å². The van der Waals surface area contributed by atoms with Crippen molar-refractivity contribution >= 4 is 35.3 Å². The second-order valence-corrected chi connectivity index (χ2v) is 13.7. The number of hydrogen-bond donors (Lipinski definition) is 4. The third-order valence-electron chi connectivity index (χ3n) is 7.90. The van der Waals surface area contributed by atoms with Gasteiger partial charge in [0, 0.05) is 12.1 Å². The van der Waals surface area contributed by atoms with E-state index in [1.54, 1.807) is 51.1 Å². The second kappa shape index (κ2) is 14.6. The monoisotopic (exact) mass is 599 g/mol. The highest BCUT2D eigenvalue weighted by Gasteiger charge is 2.43. The number of ketones is 2. The average Bonchev–Trinajstić information content (AvgIpc) is 3.42. The minimum atomic E-state index is -1.13. The van der Waals surface area contributed by atoms with Crippen molar-refractivity contribution in [2.75, 3.05) is 6.54 Å². The molecule has 43 heavy (non-hydrogen) atoms. The summed E-state index contributed by atoms with van der Waals surface area (Å²) in [5.74, 6) is -3.22. The number of nitrogens with zero attached hydrogens (tertiary/aromatic N) is 1. The van der Waals surface area contributed by atoms with E-state index in [2.05, 4.69) is 16.0 Å². The molecule has 1 aliphatic rings. The number of rotatable bonds is 12. The molecular formula is C32H49N5O6. The van der Waals surface area contributed by atoms with E-state index < -0.39 is 64.5 Å². The van der Waals surface area contributed by atoms with Crippen molar-refractivity contribution in [1.82, 2.24) is 20.9 Å². The summed E-state index contributed by atoms with van der Waals surface area (Å²) in [4.78, 5) is 79.5. The van der Waals surface area contributed by atoms with E-state index in [0.717, 1.165) is 6.42 Å². The molecule has 11 heteroatoms. The van der Waals surface area contributed by atoms with Crippen molar-refractivity contribution in [2.45, 2.75) is 105 Å². The Morgan fingerprint density at radius 1 is 0.907 bits per heavy atom. The van der Waals surface area contributed by atoms with E-state index in [0.29, 0.717) is 18.4 Å². The Hall–Kier alpha value is -3.76. The lowest BCUT2D eigenvalue weighted by molar-refractivity contribution is -0.143. The van der Waals surface area contributed by atoms with Gasteiger partial charge in [0.1, 0.15) is 12.1 Å². The number of benzene rings is 1. The molecule has 0 aromatic heterocycles. The molecule has 11 nitrogen and oxygen atoms in total. The van der Waals surface area contributed by atoms with Gasteiger partial charge in [0.05, 0.1) is 12.1 Å². The van der Waals surface area contributed by atoms with E-state index in [1.165, 1.54) is 4.90 Å². The quantitative estimate of drug-likeness (QED) is 0.213. The Balaban J connectivity index is 2.25. The molecular weight excluding hydrogens is 550 g/mol. The molecule has 5 unspecified atom stereocenters. The van der Waals surface area contributed by atoms with Gasteiger partial charge in [0.25, 0.3) is 5.91 Å². The molecule has 0 radical (unpaired) electrons. The topological polar surface area (TPSA) is 168 Å². The molecule has 1 aliphatic heterocycles. The predicted molar refractivity (Wildman–Crippen MR) is 164 cm³/mol. The van der Waals surface area contributed by atoms with E-state index in [4.69, 9.17) is 5.73 Å². The third-order valence-corrected chi connectivity index (χ3v) is 7.90. The van der Waals surface area contributed by atoms with Crippen LogP contribution in [0, 0.1) is 16.7 Å². The van der Waals surface area contributed by atoms with Crippen LogP contribution in [0.25, 0.3) is 0 Å². The van der Waals surface area contributed by atoms with Gasteiger partial charge in [-0.05, 0) is 36.0 Å². The van der Waals surface area contributed by atoms with Gasteiger partial charge in [0.2, 0.25) is 17.6 Å². The molecule has 0 spiro atoms. The van der Waals surface area contributed by atoms with E-state index in [9.17, 15) is 28.8 Å². The highest BCUT2D eigenvalue weighted by atomic mass is 16.2. The molecule has 1 saturated heterocycles. The van der Waals surface area contributed by atoms with Crippen LogP contribution in [0.5, 0.6) is 0 Å². The Kier molecular flexibility index (Phi) is 12.0. The number of urea groups is 1. The molecule has 2 rings (SSSR count). The zero-order valence-electron chi connectivity index (χ0n) is 26.8. The van der Waals surface area contributed by atoms with Crippen molar-refractivity contribution in [3.05, 3.63) is 35.9 Å². The van der Waals surface area contributed by atoms with Crippen molar-refractivity contribution in [2.24, 2.45) is 22.5 Å². The average molecular weight is 600 g/mol. The summed E-state index contributed by atoms with van der Waals surface area (Å²) in [5.41, 5.74) is 4.31. The highest BCUT2D eigenvalue weighted by molar-refractivity contribution is 6.37. The summed E-state index contributed by atoms with van der Waals surface area (Å²) < 4.78 is 0. The SMILES string of the molecule is CCC(C)CC(NC(=O)C1CCCN1C(=O)C(NC(=O)NC(C(=O)c1ccccc1)C(C)(C)C)C(C)(C)C)C(=O)C(N)=O. The highest BCUT2D eigenvalue weighted by Crippen LogP contribution is 2.27. The van der Waals surface area contributed by atoms with Crippen molar-refractivity contribution in [3.8, 4) is 0 Å². The van der Waals surface area contributed by atoms with Crippen LogP contribution < -0.4 is 21.7 Å². The number of hydrogen-bond acceptors (Lipinski definition) is 6. The zero-order valence-corrected chi connectivity index (χ0v) is 26.8. The maximum absolute atomic E-state index is 13.9. The van der Waals surface area contributed by atoms with Gasteiger partial charge in [-0.2, -0.15) is 0 Å². The molecule has 5 N–H and O–H groups in total. The van der Waals surface area contributed by atoms with Crippen LogP contribution in [0.15, 0.2) is 30.3 Å². The number of likely N-dealkylation sites (tertiary alicyclic amines) is 1. The number of carbonyl (C=O) groups excluding carboxylic acids is 6. The van der Waals surface area contributed by atoms with Crippen LogP contribution in [0.4, 0.5) is 4.79 Å². The first-order valence-electron chi connectivity index (χ1n) is 15.0. The summed E-state index contributed by atoms with van der Waals surface area (Å²) in [6, 6.07) is 4.11. The minimum absolute atomic E-state index is 0.0496. The van der Waals surface area contributed by atoms with E-state index in [1.807, 2.05) is 34.6 Å². The maximum atomic E-state index is 13.9. The van der Waals surface area contributed by atoms with E-state index in [-0.39, 0.29) is 24.7 Å². The van der Waals surface area contributed by atoms with Gasteiger partial charge in [0.15, 0.2) is 5.78 Å². The van der Waals surface area contributed by atoms with Crippen molar-refractivity contribution < 1.29 is 28.8 Å². The molecule has 5 atom stereocenters. The fraction of sp³-hybridized carbons (Fsp3) is 0.625. The first kappa shape index (κ1) is 35.4. The van der Waals surface area contributed by atoms with Crippen LogP contribution in [0.3, 0.4) is 0 Å². The summed E-state index contributed by atoms with van der Waals surface area (Å²) >= 11 is 0. The van der Waals surface area contributed by atoms with Crippen LogP contribution in [0.2, 0.25) is 0 Å². The summed E-state index contributed by atoms with van der Waals surface area (Å²) in [6.07, 6.45) is 1.89. The number of nitrogens with one attached hydrogen (secondary N) is 3. The first-order valence-corrected chi connectivity index (χ1v) is 15.0. The molecule has 0 saturated carbocycles. The van der Waals surface area contributed by atoms with Gasteiger partial charge < -0.3 is 26.6 Å². The van der Waals surface area contributed by atoms with Gasteiger partial charge >= 0.3 is 6.03 Å². The van der Waals surface area contributed by atoms with Gasteiger partial charge in [-0.25, -0.2) is 4.79 Å². The van der Waals surface area contributed by atoms with Crippen LogP contribution in [0.1, 0.15) is 91.4 Å². The second-order valence-electron chi connectivity index (χ2n) is 13.7. The number of amides is 5. The minimum Gasteiger partial charge on any atom is -0.363 e. The first-order chi connectivity index (χ1) is 19.9. The molecule has 5 amide bonds. The Morgan fingerprint density at radius 2 is 1.47 bits per heavy atom. The standard InChI is InChI=1S/C32H49N5O6/c1-9-19(2)18-21(24(39)27(33)40)34-28(41)22-16-13-17-37(22)29(42)26(32(6,7)8)36-30(43)35-25(31(3,4)5)23(38)20-14-11-10-12-15-20/h10-12,14-15,19,21-22,25-26H,9,13,16-18H2,1-8H3,(H2,33,40)(H,34,41)(H2,35,36,43). The lowest BCUT2D eigenvalue weighted by Crippen LogP contribution is -2.61. The van der Waals surface area contributed by atoms with Gasteiger partial charge in [-0.1, -0.05) is 92.1 Å². The number of Topliss-reactive ketones (excluding diaryl/α,β-unsaturated/α-hetero) is 2. The third kappa shape index (κ3) is 9.62. The number of primary amides is 1. The molecule has 0 bridgehead atoms. The van der Waals surface area contributed by atoms with Crippen LogP contribution in [-0.4, -0.2) is 70.9 Å².